The molecule has 1 atom stereocenters. The van der Waals surface area contributed by atoms with Crippen molar-refractivity contribution in [2.24, 2.45) is 0 Å². The second kappa shape index (κ2) is 14.4. The summed E-state index contributed by atoms with van der Waals surface area (Å²) in [6.45, 7) is 5.88. The van der Waals surface area contributed by atoms with Crippen LogP contribution >= 0.6 is 0 Å². The molecule has 1 aliphatic rings. The van der Waals surface area contributed by atoms with Crippen LogP contribution in [0.1, 0.15) is 110 Å². The third kappa shape index (κ3) is 12.1. The van der Waals surface area contributed by atoms with E-state index in [4.69, 9.17) is 9.47 Å². The summed E-state index contributed by atoms with van der Waals surface area (Å²) in [6, 6.07) is 0. The highest BCUT2D eigenvalue weighted by Crippen LogP contribution is 2.34. The van der Waals surface area contributed by atoms with Gasteiger partial charge in [0.1, 0.15) is 17.9 Å². The lowest BCUT2D eigenvalue weighted by atomic mass is 9.95. The van der Waals surface area contributed by atoms with Gasteiger partial charge in [0.15, 0.2) is 6.79 Å². The van der Waals surface area contributed by atoms with E-state index in [2.05, 4.69) is 41.1 Å². The molecule has 1 fully saturated rings. The molecule has 0 aromatic heterocycles. The highest BCUT2D eigenvalue weighted by atomic mass is 16.7. The summed E-state index contributed by atoms with van der Waals surface area (Å²) in [5.41, 5.74) is -0.202. The van der Waals surface area contributed by atoms with E-state index < -0.39 is 0 Å². The van der Waals surface area contributed by atoms with E-state index >= 15 is 0 Å². The van der Waals surface area contributed by atoms with Crippen molar-refractivity contribution in [3.8, 4) is 0 Å². The molecule has 0 amide bonds. The fraction of sp³-hybridized carbons (Fsp3) is 0.920. The maximum Gasteiger partial charge on any atom is 0.189 e. The summed E-state index contributed by atoms with van der Waals surface area (Å²) < 4.78 is 12.6. The van der Waals surface area contributed by atoms with E-state index in [0.29, 0.717) is 6.79 Å². The molecular formula is C25H50NO2+. The van der Waals surface area contributed by atoms with Gasteiger partial charge in [0.2, 0.25) is 0 Å². The number of rotatable bonds is 17. The highest BCUT2D eigenvalue weighted by molar-refractivity contribution is 5.11. The molecule has 0 radical (unpaired) electrons. The fourth-order valence-electron chi connectivity index (χ4n) is 3.93. The number of likely N-dealkylation sites (N-methyl/N-ethyl adjacent to an activating group) is 1. The molecule has 0 saturated carbocycles. The maximum atomic E-state index is 5.93. The molecule has 1 aliphatic heterocycles. The Hall–Kier alpha value is -0.540. The predicted octanol–water partition coefficient (Wildman–Crippen LogP) is 7.21. The standard InChI is InChI=1S/C25H50NO2/c1-6-7-8-9-10-11-12-13-14-15-16-17-18-19-21-25(2)24(27-23-28-25)20-22-26(3,4)5/h20H,6-19,21-23H2,1-5H3/q+1/b24-20-/t25-/m0/s1. The first-order chi connectivity index (χ1) is 13.4. The van der Waals surface area contributed by atoms with Crippen molar-refractivity contribution in [3.05, 3.63) is 11.8 Å². The lowest BCUT2D eigenvalue weighted by Gasteiger charge is -2.25. The molecule has 1 saturated heterocycles. The number of hydrogen-bond donors (Lipinski definition) is 0. The molecule has 0 spiro atoms. The quantitative estimate of drug-likeness (QED) is 0.191. The average molecular weight is 397 g/mol. The van der Waals surface area contributed by atoms with Crippen LogP contribution in [-0.4, -0.2) is 44.6 Å². The smallest absolute Gasteiger partial charge is 0.189 e. The maximum absolute atomic E-state index is 5.93. The largest absolute Gasteiger partial charge is 0.469 e. The molecule has 0 unspecified atom stereocenters. The van der Waals surface area contributed by atoms with Gasteiger partial charge in [0, 0.05) is 6.08 Å². The highest BCUT2D eigenvalue weighted by Gasteiger charge is 2.36. The Balaban J connectivity index is 1.99. The molecule has 0 aromatic rings. The van der Waals surface area contributed by atoms with Crippen LogP contribution < -0.4 is 0 Å². The Bertz CT molecular complexity index is 413. The van der Waals surface area contributed by atoms with Crippen LogP contribution in [0, 0.1) is 0 Å². The SMILES string of the molecule is CCCCCCCCCCCCCCCC[C@]1(C)OCO/C1=C\C[N+](C)(C)C. The number of hydrogen-bond acceptors (Lipinski definition) is 2. The number of quaternary nitrogens is 1. The van der Waals surface area contributed by atoms with Crippen molar-refractivity contribution in [2.45, 2.75) is 116 Å². The van der Waals surface area contributed by atoms with Gasteiger partial charge in [-0.2, -0.15) is 0 Å². The zero-order valence-electron chi connectivity index (χ0n) is 19.9. The van der Waals surface area contributed by atoms with Crippen LogP contribution in [0.3, 0.4) is 0 Å². The lowest BCUT2D eigenvalue weighted by molar-refractivity contribution is -0.864. The summed E-state index contributed by atoms with van der Waals surface area (Å²) in [4.78, 5) is 0. The van der Waals surface area contributed by atoms with Crippen molar-refractivity contribution in [1.29, 1.82) is 0 Å². The summed E-state index contributed by atoms with van der Waals surface area (Å²) in [5.74, 6) is 1.05. The average Bonchev–Trinajstić information content (AvgIpc) is 3.00. The zero-order valence-corrected chi connectivity index (χ0v) is 19.9. The van der Waals surface area contributed by atoms with Gasteiger partial charge in [-0.25, -0.2) is 0 Å². The first-order valence-electron chi connectivity index (χ1n) is 12.2. The fourth-order valence-corrected chi connectivity index (χ4v) is 3.93. The predicted molar refractivity (Wildman–Crippen MR) is 121 cm³/mol. The molecule has 0 N–H and O–H groups in total. The van der Waals surface area contributed by atoms with Gasteiger partial charge in [-0.15, -0.1) is 0 Å². The van der Waals surface area contributed by atoms with E-state index in [1.165, 1.54) is 89.9 Å². The topological polar surface area (TPSA) is 18.5 Å². The van der Waals surface area contributed by atoms with Crippen molar-refractivity contribution in [1.82, 2.24) is 0 Å². The summed E-state index contributed by atoms with van der Waals surface area (Å²) in [7, 11) is 6.62. The molecule has 28 heavy (non-hydrogen) atoms. The van der Waals surface area contributed by atoms with Crippen molar-refractivity contribution < 1.29 is 14.0 Å². The van der Waals surface area contributed by atoms with Crippen LogP contribution in [0.15, 0.2) is 11.8 Å². The normalized spacial score (nSPS) is 21.4. The molecule has 0 bridgehead atoms. The number of unbranched alkanes of at least 4 members (excludes halogenated alkanes) is 13. The van der Waals surface area contributed by atoms with E-state index in [9.17, 15) is 0 Å². The minimum atomic E-state index is -0.202. The molecule has 0 aromatic carbocycles. The monoisotopic (exact) mass is 396 g/mol. The van der Waals surface area contributed by atoms with E-state index in [-0.39, 0.29) is 5.60 Å². The number of ether oxygens (including phenoxy) is 2. The van der Waals surface area contributed by atoms with E-state index in [1.807, 2.05) is 0 Å². The first-order valence-corrected chi connectivity index (χ1v) is 12.2. The Morgan fingerprint density at radius 3 is 1.71 bits per heavy atom. The second-order valence-electron chi connectivity index (χ2n) is 10.0. The summed E-state index contributed by atoms with van der Waals surface area (Å²) >= 11 is 0. The lowest BCUT2D eigenvalue weighted by Crippen LogP contribution is -2.35. The van der Waals surface area contributed by atoms with Gasteiger partial charge < -0.3 is 14.0 Å². The van der Waals surface area contributed by atoms with E-state index in [0.717, 1.165) is 23.2 Å². The molecule has 166 valence electrons. The minimum absolute atomic E-state index is 0.202. The zero-order chi connectivity index (χ0) is 20.7. The summed E-state index contributed by atoms with van der Waals surface area (Å²) in [5, 5.41) is 0. The van der Waals surface area contributed by atoms with Crippen molar-refractivity contribution >= 4 is 0 Å². The molecule has 1 rings (SSSR count). The van der Waals surface area contributed by atoms with Gasteiger partial charge in [-0.3, -0.25) is 0 Å². The van der Waals surface area contributed by atoms with E-state index in [1.54, 1.807) is 0 Å². The Kier molecular flexibility index (Phi) is 13.2. The van der Waals surface area contributed by atoms with Crippen molar-refractivity contribution in [2.75, 3.05) is 34.5 Å². The molecule has 1 heterocycles. The van der Waals surface area contributed by atoms with Crippen LogP contribution in [0.5, 0.6) is 0 Å². The van der Waals surface area contributed by atoms with Gasteiger partial charge >= 0.3 is 0 Å². The van der Waals surface area contributed by atoms with Gasteiger partial charge in [-0.05, 0) is 13.3 Å². The van der Waals surface area contributed by atoms with Crippen LogP contribution in [0.4, 0.5) is 0 Å². The van der Waals surface area contributed by atoms with Crippen LogP contribution in [0.2, 0.25) is 0 Å². The van der Waals surface area contributed by atoms with Crippen LogP contribution in [-0.2, 0) is 9.47 Å². The minimum Gasteiger partial charge on any atom is -0.469 e. The Labute approximate surface area is 176 Å². The molecule has 3 heteroatoms. The first kappa shape index (κ1) is 25.5. The molecule has 0 aliphatic carbocycles. The Morgan fingerprint density at radius 2 is 1.25 bits per heavy atom. The van der Waals surface area contributed by atoms with Crippen LogP contribution in [0.25, 0.3) is 0 Å². The summed E-state index contributed by atoms with van der Waals surface area (Å²) in [6.07, 6.45) is 23.0. The third-order valence-electron chi connectivity index (χ3n) is 5.94. The molecule has 3 nitrogen and oxygen atoms in total. The van der Waals surface area contributed by atoms with Gasteiger partial charge in [-0.1, -0.05) is 96.8 Å². The Morgan fingerprint density at radius 1 is 0.786 bits per heavy atom. The van der Waals surface area contributed by atoms with Crippen molar-refractivity contribution in [3.63, 3.8) is 0 Å². The van der Waals surface area contributed by atoms with Gasteiger partial charge in [0.25, 0.3) is 0 Å². The molecular weight excluding hydrogens is 346 g/mol. The second-order valence-corrected chi connectivity index (χ2v) is 10.0. The number of nitrogens with zero attached hydrogens (tertiary/aromatic N) is 1. The van der Waals surface area contributed by atoms with Gasteiger partial charge in [0.05, 0.1) is 21.1 Å². The third-order valence-corrected chi connectivity index (χ3v) is 5.94.